The first kappa shape index (κ1) is 16.3. The van der Waals surface area contributed by atoms with Crippen molar-refractivity contribution in [3.8, 4) is 0 Å². The minimum atomic E-state index is -2.59. The second-order valence-corrected chi connectivity index (χ2v) is 6.67. The number of aromatic nitrogens is 2. The monoisotopic (exact) mass is 328 g/mol. The lowest BCUT2D eigenvalue weighted by Gasteiger charge is -2.36. The van der Waals surface area contributed by atoms with E-state index in [1.165, 1.54) is 4.68 Å². The van der Waals surface area contributed by atoms with Crippen LogP contribution in [0.3, 0.4) is 0 Å². The molecule has 0 bridgehead atoms. The summed E-state index contributed by atoms with van der Waals surface area (Å²) in [6.45, 7) is 1.59. The number of amides is 1. The van der Waals surface area contributed by atoms with Crippen LogP contribution in [0.2, 0.25) is 0 Å². The molecule has 1 aromatic heterocycles. The van der Waals surface area contributed by atoms with E-state index in [2.05, 4.69) is 5.10 Å². The first-order valence-corrected chi connectivity index (χ1v) is 7.88. The molecule has 2 aliphatic rings. The fourth-order valence-corrected chi connectivity index (χ4v) is 3.36. The van der Waals surface area contributed by atoms with Gasteiger partial charge in [0.15, 0.2) is 0 Å². The van der Waals surface area contributed by atoms with Gasteiger partial charge in [0.25, 0.3) is 11.8 Å². The minimum absolute atomic E-state index is 0.161. The number of aliphatic hydroxyl groups is 1. The van der Waals surface area contributed by atoms with Crippen LogP contribution in [-0.2, 0) is 7.05 Å². The first-order valence-electron chi connectivity index (χ1n) is 7.88. The Kier molecular flexibility index (Phi) is 4.14. The lowest BCUT2D eigenvalue weighted by atomic mass is 10.00. The average molecular weight is 328 g/mol. The molecule has 1 atom stereocenters. The molecule has 6 nitrogen and oxygen atoms in total. The number of aryl methyl sites for hydroxylation is 1. The maximum absolute atomic E-state index is 13.2. The molecule has 0 aromatic carbocycles. The second-order valence-electron chi connectivity index (χ2n) is 6.67. The molecule has 0 saturated carbocycles. The van der Waals surface area contributed by atoms with Crippen LogP contribution >= 0.6 is 0 Å². The maximum atomic E-state index is 13.2. The lowest BCUT2D eigenvalue weighted by Crippen LogP contribution is -2.49. The highest BCUT2D eigenvalue weighted by Gasteiger charge is 2.42. The fraction of sp³-hybridized carbons (Fsp3) is 0.733. The van der Waals surface area contributed by atoms with E-state index >= 15 is 0 Å². The van der Waals surface area contributed by atoms with Crippen molar-refractivity contribution < 1.29 is 18.7 Å². The van der Waals surface area contributed by atoms with Crippen molar-refractivity contribution >= 4 is 5.91 Å². The molecule has 3 rings (SSSR count). The van der Waals surface area contributed by atoms with Gasteiger partial charge in [-0.2, -0.15) is 5.10 Å². The summed E-state index contributed by atoms with van der Waals surface area (Å²) in [5.41, 5.74) is -0.548. The van der Waals surface area contributed by atoms with E-state index in [0.717, 1.165) is 0 Å². The summed E-state index contributed by atoms with van der Waals surface area (Å²) in [4.78, 5) is 15.9. The molecule has 0 radical (unpaired) electrons. The van der Waals surface area contributed by atoms with Crippen LogP contribution in [-0.4, -0.2) is 74.8 Å². The van der Waals surface area contributed by atoms with E-state index in [1.807, 2.05) is 4.90 Å². The van der Waals surface area contributed by atoms with Crippen molar-refractivity contribution in [3.05, 3.63) is 18.0 Å². The van der Waals surface area contributed by atoms with Crippen molar-refractivity contribution in [3.63, 3.8) is 0 Å². The molecular formula is C15H22F2N4O2. The van der Waals surface area contributed by atoms with Gasteiger partial charge in [-0.05, 0) is 12.5 Å². The van der Waals surface area contributed by atoms with Gasteiger partial charge in [0, 0.05) is 52.3 Å². The van der Waals surface area contributed by atoms with E-state index in [-0.39, 0.29) is 38.4 Å². The van der Waals surface area contributed by atoms with E-state index in [0.29, 0.717) is 25.2 Å². The van der Waals surface area contributed by atoms with Gasteiger partial charge in [0.1, 0.15) is 5.69 Å². The van der Waals surface area contributed by atoms with Crippen LogP contribution in [0.25, 0.3) is 0 Å². The Morgan fingerprint density at radius 1 is 1.30 bits per heavy atom. The summed E-state index contributed by atoms with van der Waals surface area (Å²) in [6.07, 6.45) is 1.69. The van der Waals surface area contributed by atoms with Gasteiger partial charge >= 0.3 is 0 Å². The maximum Gasteiger partial charge on any atom is 0.272 e. The number of β-amino-alcohol motifs (C(OH)–C–C–N with tert-alkyl or cyclic N) is 1. The highest BCUT2D eigenvalue weighted by molar-refractivity contribution is 5.92. The summed E-state index contributed by atoms with van der Waals surface area (Å²) in [7, 11) is 1.70. The van der Waals surface area contributed by atoms with Crippen molar-refractivity contribution in [1.82, 2.24) is 19.6 Å². The topological polar surface area (TPSA) is 61.6 Å². The molecule has 2 saturated heterocycles. The summed E-state index contributed by atoms with van der Waals surface area (Å²) in [5, 5.41) is 14.7. The van der Waals surface area contributed by atoms with E-state index < -0.39 is 11.5 Å². The summed E-state index contributed by atoms with van der Waals surface area (Å²) < 4.78 is 27.9. The van der Waals surface area contributed by atoms with Gasteiger partial charge in [0.2, 0.25) is 0 Å². The molecule has 1 amide bonds. The van der Waals surface area contributed by atoms with Crippen LogP contribution < -0.4 is 0 Å². The average Bonchev–Trinajstić information content (AvgIpc) is 3.07. The SMILES string of the molecule is Cn1nccc1C(=O)N1CCC(O)(CN2CCC(F)(F)CC2)C1. The highest BCUT2D eigenvalue weighted by atomic mass is 19.3. The molecule has 1 unspecified atom stereocenters. The van der Waals surface area contributed by atoms with Gasteiger partial charge in [-0.3, -0.25) is 14.4 Å². The molecule has 1 aromatic rings. The van der Waals surface area contributed by atoms with Crippen molar-refractivity contribution in [2.24, 2.45) is 7.05 Å². The standard InChI is InChI=1S/C15H22F2N4O2/c1-19-12(2-6-18-19)13(22)21-9-3-14(23,11-21)10-20-7-4-15(16,17)5-8-20/h2,6,23H,3-5,7-11H2,1H3. The Morgan fingerprint density at radius 2 is 2.00 bits per heavy atom. The van der Waals surface area contributed by atoms with Gasteiger partial charge in [-0.1, -0.05) is 0 Å². The largest absolute Gasteiger partial charge is 0.387 e. The Bertz CT molecular complexity index is 582. The van der Waals surface area contributed by atoms with Crippen LogP contribution in [0.1, 0.15) is 29.8 Å². The fourth-order valence-electron chi connectivity index (χ4n) is 3.36. The van der Waals surface area contributed by atoms with Crippen molar-refractivity contribution in [2.45, 2.75) is 30.8 Å². The Labute approximate surface area is 133 Å². The van der Waals surface area contributed by atoms with Crippen LogP contribution in [0.15, 0.2) is 12.3 Å². The molecule has 3 heterocycles. The second kappa shape index (κ2) is 5.83. The zero-order valence-corrected chi connectivity index (χ0v) is 13.2. The third kappa shape index (κ3) is 3.53. The van der Waals surface area contributed by atoms with Crippen LogP contribution in [0, 0.1) is 0 Å². The van der Waals surface area contributed by atoms with Gasteiger partial charge in [-0.15, -0.1) is 0 Å². The molecule has 23 heavy (non-hydrogen) atoms. The molecule has 2 fully saturated rings. The number of likely N-dealkylation sites (tertiary alicyclic amines) is 2. The number of carbonyl (C=O) groups excluding carboxylic acids is 1. The highest BCUT2D eigenvalue weighted by Crippen LogP contribution is 2.30. The molecule has 1 N–H and O–H groups in total. The first-order chi connectivity index (χ1) is 10.8. The third-order valence-electron chi connectivity index (χ3n) is 4.77. The quantitative estimate of drug-likeness (QED) is 0.889. The number of carbonyl (C=O) groups is 1. The van der Waals surface area contributed by atoms with Crippen LogP contribution in [0.4, 0.5) is 8.78 Å². The zero-order valence-electron chi connectivity index (χ0n) is 13.2. The summed E-state index contributed by atoms with van der Waals surface area (Å²) >= 11 is 0. The summed E-state index contributed by atoms with van der Waals surface area (Å²) in [5.74, 6) is -2.75. The van der Waals surface area contributed by atoms with E-state index in [1.54, 1.807) is 24.2 Å². The van der Waals surface area contributed by atoms with Crippen molar-refractivity contribution in [2.75, 3.05) is 32.7 Å². The number of rotatable bonds is 3. The normalized spacial score (nSPS) is 28.3. The molecule has 0 spiro atoms. The number of halogens is 2. The number of alkyl halides is 2. The Morgan fingerprint density at radius 3 is 2.61 bits per heavy atom. The van der Waals surface area contributed by atoms with Gasteiger partial charge in [0.05, 0.1) is 12.1 Å². The third-order valence-corrected chi connectivity index (χ3v) is 4.77. The van der Waals surface area contributed by atoms with E-state index in [4.69, 9.17) is 0 Å². The Balaban J connectivity index is 1.58. The smallest absolute Gasteiger partial charge is 0.272 e. The predicted molar refractivity (Wildman–Crippen MR) is 79.3 cm³/mol. The number of hydrogen-bond donors (Lipinski definition) is 1. The predicted octanol–water partition coefficient (Wildman–Crippen LogP) is 0.728. The molecule has 0 aliphatic carbocycles. The molecule has 128 valence electrons. The zero-order chi connectivity index (χ0) is 16.7. The molecular weight excluding hydrogens is 306 g/mol. The van der Waals surface area contributed by atoms with Crippen molar-refractivity contribution in [1.29, 1.82) is 0 Å². The number of hydrogen-bond acceptors (Lipinski definition) is 4. The number of piperidine rings is 1. The minimum Gasteiger partial charge on any atom is -0.387 e. The van der Waals surface area contributed by atoms with Crippen LogP contribution in [0.5, 0.6) is 0 Å². The molecule has 8 heteroatoms. The number of nitrogens with zero attached hydrogens (tertiary/aromatic N) is 4. The Hall–Kier alpha value is -1.54. The van der Waals surface area contributed by atoms with E-state index in [9.17, 15) is 18.7 Å². The molecule has 2 aliphatic heterocycles. The summed E-state index contributed by atoms with van der Waals surface area (Å²) in [6, 6.07) is 1.65. The lowest BCUT2D eigenvalue weighted by molar-refractivity contribution is -0.0720. The van der Waals surface area contributed by atoms with Gasteiger partial charge in [-0.25, -0.2) is 8.78 Å². The van der Waals surface area contributed by atoms with Gasteiger partial charge < -0.3 is 10.0 Å².